The minimum absolute atomic E-state index is 0.0508. The van der Waals surface area contributed by atoms with Crippen LogP contribution in [0.1, 0.15) is 25.7 Å². The Kier molecular flexibility index (Phi) is 6.08. The first-order chi connectivity index (χ1) is 11.7. The van der Waals surface area contributed by atoms with Gasteiger partial charge in [-0.2, -0.15) is 0 Å². The predicted molar refractivity (Wildman–Crippen MR) is 88.6 cm³/mol. The van der Waals surface area contributed by atoms with Crippen molar-refractivity contribution in [1.82, 2.24) is 14.7 Å². The monoisotopic (exact) mass is 339 g/mol. The molecule has 24 heavy (non-hydrogen) atoms. The van der Waals surface area contributed by atoms with Crippen LogP contribution in [-0.2, 0) is 19.1 Å². The number of likely N-dealkylation sites (tertiary alicyclic amines) is 2. The maximum absolute atomic E-state index is 12.4. The fourth-order valence-corrected chi connectivity index (χ4v) is 4.01. The number of hydrogen-bond acceptors (Lipinski definition) is 5. The summed E-state index contributed by atoms with van der Waals surface area (Å²) in [5, 5.41) is 0. The third-order valence-electron chi connectivity index (χ3n) is 5.40. The molecule has 3 heterocycles. The van der Waals surface area contributed by atoms with E-state index >= 15 is 0 Å². The minimum Gasteiger partial charge on any atom is -0.383 e. The molecule has 2 atom stereocenters. The van der Waals surface area contributed by atoms with Crippen molar-refractivity contribution in [1.29, 1.82) is 0 Å². The summed E-state index contributed by atoms with van der Waals surface area (Å²) in [4.78, 5) is 30.7. The van der Waals surface area contributed by atoms with Crippen LogP contribution < -0.4 is 0 Å². The number of ether oxygens (including phenoxy) is 2. The molecule has 2 amide bonds. The number of hydrogen-bond donors (Lipinski definition) is 0. The van der Waals surface area contributed by atoms with Crippen LogP contribution in [0, 0.1) is 0 Å². The van der Waals surface area contributed by atoms with Crippen LogP contribution in [0.15, 0.2) is 0 Å². The number of methoxy groups -OCH3 is 1. The molecule has 3 rings (SSSR count). The third kappa shape index (κ3) is 4.07. The van der Waals surface area contributed by atoms with Gasteiger partial charge in [0, 0.05) is 39.8 Å². The molecule has 0 unspecified atom stereocenters. The van der Waals surface area contributed by atoms with Gasteiger partial charge in [0.25, 0.3) is 0 Å². The van der Waals surface area contributed by atoms with E-state index in [1.54, 1.807) is 7.11 Å². The Bertz CT molecular complexity index is 453. The molecule has 0 N–H and O–H groups in total. The Morgan fingerprint density at radius 2 is 1.96 bits per heavy atom. The molecule has 0 aliphatic carbocycles. The summed E-state index contributed by atoms with van der Waals surface area (Å²) in [6.45, 7) is 5.32. The molecule has 0 saturated carbocycles. The van der Waals surface area contributed by atoms with Crippen molar-refractivity contribution in [2.24, 2.45) is 0 Å². The van der Waals surface area contributed by atoms with Gasteiger partial charge in [-0.1, -0.05) is 0 Å². The average molecular weight is 339 g/mol. The molecular weight excluding hydrogens is 310 g/mol. The second-order valence-electron chi connectivity index (χ2n) is 6.94. The largest absolute Gasteiger partial charge is 0.383 e. The molecule has 3 aliphatic rings. The van der Waals surface area contributed by atoms with Crippen LogP contribution >= 0.6 is 0 Å². The van der Waals surface area contributed by atoms with E-state index in [9.17, 15) is 9.59 Å². The standard InChI is InChI=1S/C17H29N3O4/c1-23-11-10-20-14-4-8-18(9-5-15(14)24-13-17(20)22)12-16(21)19-6-2-3-7-19/h14-15H,2-13H2,1H3/t14-,15-/m0/s1. The fraction of sp³-hybridized carbons (Fsp3) is 0.882. The van der Waals surface area contributed by atoms with Gasteiger partial charge in [-0.25, -0.2) is 0 Å². The van der Waals surface area contributed by atoms with Crippen molar-refractivity contribution in [2.45, 2.75) is 37.8 Å². The first-order valence-corrected chi connectivity index (χ1v) is 9.09. The highest BCUT2D eigenvalue weighted by molar-refractivity contribution is 5.79. The van der Waals surface area contributed by atoms with E-state index in [-0.39, 0.29) is 30.6 Å². The molecule has 3 fully saturated rings. The number of carbonyl (C=O) groups is 2. The van der Waals surface area contributed by atoms with E-state index < -0.39 is 0 Å². The fourth-order valence-electron chi connectivity index (χ4n) is 4.01. The lowest BCUT2D eigenvalue weighted by Crippen LogP contribution is -2.55. The lowest BCUT2D eigenvalue weighted by Gasteiger charge is -2.40. The molecule has 0 bridgehead atoms. The van der Waals surface area contributed by atoms with E-state index in [4.69, 9.17) is 9.47 Å². The summed E-state index contributed by atoms with van der Waals surface area (Å²) in [6, 6.07) is 0.105. The maximum atomic E-state index is 12.4. The number of morpholine rings is 1. The van der Waals surface area contributed by atoms with Gasteiger partial charge in [0.15, 0.2) is 0 Å². The molecule has 0 radical (unpaired) electrons. The van der Waals surface area contributed by atoms with E-state index in [2.05, 4.69) is 4.90 Å². The Labute approximate surface area is 143 Å². The Morgan fingerprint density at radius 3 is 2.71 bits per heavy atom. The first-order valence-electron chi connectivity index (χ1n) is 9.09. The zero-order valence-corrected chi connectivity index (χ0v) is 14.6. The highest BCUT2D eigenvalue weighted by Gasteiger charge is 2.38. The van der Waals surface area contributed by atoms with Crippen molar-refractivity contribution in [3.05, 3.63) is 0 Å². The van der Waals surface area contributed by atoms with Crippen LogP contribution in [-0.4, -0.2) is 98.3 Å². The SMILES string of the molecule is COCCN1C(=O)CO[C@H]2CCN(CC(=O)N3CCCC3)CC[C@@H]21. The Balaban J connectivity index is 1.56. The van der Waals surface area contributed by atoms with Gasteiger partial charge < -0.3 is 19.3 Å². The first kappa shape index (κ1) is 17.6. The van der Waals surface area contributed by atoms with Crippen LogP contribution in [0.3, 0.4) is 0 Å². The third-order valence-corrected chi connectivity index (χ3v) is 5.40. The summed E-state index contributed by atoms with van der Waals surface area (Å²) >= 11 is 0. The average Bonchev–Trinajstić information content (AvgIpc) is 3.04. The van der Waals surface area contributed by atoms with Crippen molar-refractivity contribution in [3.8, 4) is 0 Å². The van der Waals surface area contributed by atoms with E-state index in [1.807, 2.05) is 9.80 Å². The smallest absolute Gasteiger partial charge is 0.249 e. The van der Waals surface area contributed by atoms with Crippen molar-refractivity contribution in [2.75, 3.05) is 59.6 Å². The lowest BCUT2D eigenvalue weighted by atomic mass is 10.0. The number of rotatable bonds is 5. The second kappa shape index (κ2) is 8.27. The number of carbonyl (C=O) groups excluding carboxylic acids is 2. The van der Waals surface area contributed by atoms with Crippen LogP contribution in [0.5, 0.6) is 0 Å². The quantitative estimate of drug-likeness (QED) is 0.703. The van der Waals surface area contributed by atoms with Crippen LogP contribution in [0.4, 0.5) is 0 Å². The number of amides is 2. The zero-order chi connectivity index (χ0) is 16.9. The summed E-state index contributed by atoms with van der Waals surface area (Å²) in [5.74, 6) is 0.292. The zero-order valence-electron chi connectivity index (χ0n) is 14.6. The van der Waals surface area contributed by atoms with Gasteiger partial charge in [0.05, 0.1) is 25.3 Å². The van der Waals surface area contributed by atoms with Crippen molar-refractivity contribution in [3.63, 3.8) is 0 Å². The van der Waals surface area contributed by atoms with Crippen molar-refractivity contribution < 1.29 is 19.1 Å². The van der Waals surface area contributed by atoms with Gasteiger partial charge in [0.2, 0.25) is 11.8 Å². The van der Waals surface area contributed by atoms with Gasteiger partial charge >= 0.3 is 0 Å². The van der Waals surface area contributed by atoms with Gasteiger partial charge in [-0.15, -0.1) is 0 Å². The Hall–Kier alpha value is -1.18. The molecule has 7 nitrogen and oxygen atoms in total. The molecule has 3 saturated heterocycles. The Morgan fingerprint density at radius 1 is 1.21 bits per heavy atom. The van der Waals surface area contributed by atoms with Gasteiger partial charge in [-0.05, 0) is 25.7 Å². The molecule has 0 spiro atoms. The van der Waals surface area contributed by atoms with Gasteiger partial charge in [0.1, 0.15) is 6.61 Å². The summed E-state index contributed by atoms with van der Waals surface area (Å²) in [5.41, 5.74) is 0. The summed E-state index contributed by atoms with van der Waals surface area (Å²) < 4.78 is 10.9. The highest BCUT2D eigenvalue weighted by Crippen LogP contribution is 2.24. The highest BCUT2D eigenvalue weighted by atomic mass is 16.5. The van der Waals surface area contributed by atoms with Crippen molar-refractivity contribution >= 4 is 11.8 Å². The summed E-state index contributed by atoms with van der Waals surface area (Å²) in [6.07, 6.45) is 4.05. The van der Waals surface area contributed by atoms with E-state index in [0.29, 0.717) is 19.7 Å². The normalized spacial score (nSPS) is 28.8. The maximum Gasteiger partial charge on any atom is 0.249 e. The number of nitrogens with zero attached hydrogens (tertiary/aromatic N) is 3. The van der Waals surface area contributed by atoms with E-state index in [0.717, 1.165) is 51.9 Å². The molecule has 3 aliphatic heterocycles. The molecule has 136 valence electrons. The number of fused-ring (bicyclic) bond motifs is 1. The molecule has 0 aromatic rings. The second-order valence-corrected chi connectivity index (χ2v) is 6.94. The topological polar surface area (TPSA) is 62.3 Å². The summed E-state index contributed by atoms with van der Waals surface area (Å²) in [7, 11) is 1.65. The molecular formula is C17H29N3O4. The predicted octanol–water partition coefficient (Wildman–Crippen LogP) is -0.0530. The minimum atomic E-state index is 0.0508. The molecule has 0 aromatic carbocycles. The van der Waals surface area contributed by atoms with Crippen LogP contribution in [0.2, 0.25) is 0 Å². The van der Waals surface area contributed by atoms with E-state index in [1.165, 1.54) is 0 Å². The van der Waals surface area contributed by atoms with Gasteiger partial charge in [-0.3, -0.25) is 14.5 Å². The molecule has 0 aromatic heterocycles. The molecule has 7 heteroatoms. The van der Waals surface area contributed by atoms with Crippen LogP contribution in [0.25, 0.3) is 0 Å². The lowest BCUT2D eigenvalue weighted by molar-refractivity contribution is -0.158.